The maximum Gasteiger partial charge on any atom is 0.128 e. The van der Waals surface area contributed by atoms with Gasteiger partial charge < -0.3 is 9.84 Å². The Morgan fingerprint density at radius 1 is 1.39 bits per heavy atom. The zero-order valence-electron chi connectivity index (χ0n) is 9.69. The normalized spacial score (nSPS) is 12.4. The summed E-state index contributed by atoms with van der Waals surface area (Å²) in [5, 5.41) is 9.59. The summed E-state index contributed by atoms with van der Waals surface area (Å²) in [5.74, 6) is 0.0104. The van der Waals surface area contributed by atoms with Gasteiger partial charge in [0.05, 0.1) is 9.89 Å². The molecule has 0 bridgehead atoms. The molecule has 0 aliphatic heterocycles. The monoisotopic (exact) mass is 330 g/mol. The van der Waals surface area contributed by atoms with Crippen LogP contribution in [-0.4, -0.2) is 5.11 Å². The number of halogens is 2. The summed E-state index contributed by atoms with van der Waals surface area (Å²) < 4.78 is 19.8. The lowest BCUT2D eigenvalue weighted by molar-refractivity contribution is 0.190. The summed E-state index contributed by atoms with van der Waals surface area (Å²) in [6.45, 7) is 1.99. The van der Waals surface area contributed by atoms with Crippen molar-refractivity contribution in [3.05, 3.63) is 50.4 Å². The molecular formula is C13H12BrFO2S. The van der Waals surface area contributed by atoms with Gasteiger partial charge in [0, 0.05) is 16.5 Å². The second kappa shape index (κ2) is 5.82. The SMILES string of the molecule is C[C@H](O)c1ccc(F)cc1OCc1ccc(Br)s1. The van der Waals surface area contributed by atoms with Gasteiger partial charge >= 0.3 is 0 Å². The number of rotatable bonds is 4. The summed E-state index contributed by atoms with van der Waals surface area (Å²) in [7, 11) is 0. The minimum atomic E-state index is -0.685. The highest BCUT2D eigenvalue weighted by atomic mass is 79.9. The van der Waals surface area contributed by atoms with Gasteiger partial charge in [-0.05, 0) is 47.1 Å². The van der Waals surface area contributed by atoms with E-state index in [4.69, 9.17) is 4.74 Å². The fraction of sp³-hybridized carbons (Fsp3) is 0.231. The Balaban J connectivity index is 2.15. The molecule has 18 heavy (non-hydrogen) atoms. The summed E-state index contributed by atoms with van der Waals surface area (Å²) in [6.07, 6.45) is -0.685. The number of aliphatic hydroxyl groups excluding tert-OH is 1. The molecule has 0 saturated heterocycles. The standard InChI is InChI=1S/C13H12BrFO2S/c1-8(16)11-4-2-9(15)6-12(11)17-7-10-3-5-13(14)18-10/h2-6,8,16H,7H2,1H3/t8-/m0/s1. The minimum Gasteiger partial charge on any atom is -0.488 e. The molecule has 1 atom stereocenters. The van der Waals surface area contributed by atoms with Crippen molar-refractivity contribution in [2.75, 3.05) is 0 Å². The number of thiophene rings is 1. The van der Waals surface area contributed by atoms with E-state index in [9.17, 15) is 9.50 Å². The van der Waals surface area contributed by atoms with Crippen LogP contribution in [0.15, 0.2) is 34.1 Å². The van der Waals surface area contributed by atoms with Gasteiger partial charge in [-0.15, -0.1) is 11.3 Å². The fourth-order valence-corrected chi connectivity index (χ4v) is 2.95. The Bertz CT molecular complexity index is 540. The van der Waals surface area contributed by atoms with E-state index in [0.29, 0.717) is 17.9 Å². The Morgan fingerprint density at radius 2 is 2.17 bits per heavy atom. The van der Waals surface area contributed by atoms with Crippen molar-refractivity contribution >= 4 is 27.3 Å². The second-order valence-electron chi connectivity index (χ2n) is 3.85. The lowest BCUT2D eigenvalue weighted by atomic mass is 10.1. The van der Waals surface area contributed by atoms with Crippen LogP contribution in [0.1, 0.15) is 23.5 Å². The van der Waals surface area contributed by atoms with Crippen LogP contribution in [0.5, 0.6) is 5.75 Å². The van der Waals surface area contributed by atoms with Gasteiger partial charge in [-0.3, -0.25) is 0 Å². The maximum atomic E-state index is 13.2. The smallest absolute Gasteiger partial charge is 0.128 e. The first-order valence-electron chi connectivity index (χ1n) is 5.41. The Kier molecular flexibility index (Phi) is 4.37. The Labute approximate surface area is 117 Å². The van der Waals surface area contributed by atoms with Crippen LogP contribution in [0.3, 0.4) is 0 Å². The van der Waals surface area contributed by atoms with Crippen molar-refractivity contribution in [2.45, 2.75) is 19.6 Å². The molecule has 0 radical (unpaired) electrons. The van der Waals surface area contributed by atoms with E-state index in [0.717, 1.165) is 8.66 Å². The van der Waals surface area contributed by atoms with Crippen molar-refractivity contribution in [1.82, 2.24) is 0 Å². The maximum absolute atomic E-state index is 13.2. The van der Waals surface area contributed by atoms with Crippen LogP contribution in [0.2, 0.25) is 0 Å². The fourth-order valence-electron chi connectivity index (χ4n) is 1.56. The molecule has 0 saturated carbocycles. The average molecular weight is 331 g/mol. The molecule has 96 valence electrons. The molecule has 1 N–H and O–H groups in total. The third-order valence-corrected chi connectivity index (χ3v) is 4.02. The number of aliphatic hydroxyl groups is 1. The van der Waals surface area contributed by atoms with Gasteiger partial charge in [0.25, 0.3) is 0 Å². The van der Waals surface area contributed by atoms with Crippen LogP contribution >= 0.6 is 27.3 Å². The molecule has 0 unspecified atom stereocenters. The predicted molar refractivity (Wildman–Crippen MR) is 73.4 cm³/mol. The van der Waals surface area contributed by atoms with Gasteiger partial charge in [-0.25, -0.2) is 4.39 Å². The van der Waals surface area contributed by atoms with Crippen molar-refractivity contribution in [3.8, 4) is 5.75 Å². The first kappa shape index (κ1) is 13.5. The molecule has 2 rings (SSSR count). The summed E-state index contributed by atoms with van der Waals surface area (Å²) in [4.78, 5) is 1.03. The zero-order chi connectivity index (χ0) is 13.1. The van der Waals surface area contributed by atoms with E-state index >= 15 is 0 Å². The summed E-state index contributed by atoms with van der Waals surface area (Å²) in [6, 6.07) is 8.03. The number of hydrogen-bond donors (Lipinski definition) is 1. The van der Waals surface area contributed by atoms with E-state index < -0.39 is 6.10 Å². The van der Waals surface area contributed by atoms with Gasteiger partial charge in [0.15, 0.2) is 0 Å². The highest BCUT2D eigenvalue weighted by Crippen LogP contribution is 2.28. The van der Waals surface area contributed by atoms with Gasteiger partial charge in [0.2, 0.25) is 0 Å². The first-order chi connectivity index (χ1) is 8.56. The molecule has 1 aromatic carbocycles. The quantitative estimate of drug-likeness (QED) is 0.906. The van der Waals surface area contributed by atoms with E-state index in [2.05, 4.69) is 15.9 Å². The van der Waals surface area contributed by atoms with Crippen LogP contribution in [0.4, 0.5) is 4.39 Å². The summed E-state index contributed by atoms with van der Waals surface area (Å²) >= 11 is 4.93. The molecule has 1 heterocycles. The molecular weight excluding hydrogens is 319 g/mol. The topological polar surface area (TPSA) is 29.5 Å². The van der Waals surface area contributed by atoms with Crippen molar-refractivity contribution < 1.29 is 14.2 Å². The van der Waals surface area contributed by atoms with E-state index in [1.54, 1.807) is 24.3 Å². The van der Waals surface area contributed by atoms with Gasteiger partial charge in [0.1, 0.15) is 18.2 Å². The molecule has 0 amide bonds. The van der Waals surface area contributed by atoms with Crippen molar-refractivity contribution in [1.29, 1.82) is 0 Å². The molecule has 0 aliphatic carbocycles. The molecule has 1 aromatic heterocycles. The summed E-state index contributed by atoms with van der Waals surface area (Å²) in [5.41, 5.74) is 0.590. The zero-order valence-corrected chi connectivity index (χ0v) is 12.1. The number of hydrogen-bond acceptors (Lipinski definition) is 3. The predicted octanol–water partition coefficient (Wildman–Crippen LogP) is 4.28. The van der Waals surface area contributed by atoms with Gasteiger partial charge in [-0.1, -0.05) is 0 Å². The van der Waals surface area contributed by atoms with E-state index in [-0.39, 0.29) is 5.82 Å². The average Bonchev–Trinajstić information content (AvgIpc) is 2.72. The highest BCUT2D eigenvalue weighted by Gasteiger charge is 2.11. The van der Waals surface area contributed by atoms with Crippen LogP contribution in [0, 0.1) is 5.82 Å². The molecule has 0 aliphatic rings. The van der Waals surface area contributed by atoms with Crippen LogP contribution < -0.4 is 4.74 Å². The number of ether oxygens (including phenoxy) is 1. The molecule has 2 aromatic rings. The van der Waals surface area contributed by atoms with Crippen LogP contribution in [0.25, 0.3) is 0 Å². The van der Waals surface area contributed by atoms with Crippen molar-refractivity contribution in [2.24, 2.45) is 0 Å². The minimum absolute atomic E-state index is 0.361. The second-order valence-corrected chi connectivity index (χ2v) is 6.40. The van der Waals surface area contributed by atoms with Crippen LogP contribution in [-0.2, 0) is 6.61 Å². The lowest BCUT2D eigenvalue weighted by Crippen LogP contribution is -2.00. The third kappa shape index (κ3) is 3.31. The molecule has 2 nitrogen and oxygen atoms in total. The molecule has 5 heteroatoms. The Morgan fingerprint density at radius 3 is 2.78 bits per heavy atom. The van der Waals surface area contributed by atoms with E-state index in [1.807, 2.05) is 12.1 Å². The van der Waals surface area contributed by atoms with Gasteiger partial charge in [-0.2, -0.15) is 0 Å². The highest BCUT2D eigenvalue weighted by molar-refractivity contribution is 9.11. The lowest BCUT2D eigenvalue weighted by Gasteiger charge is -2.12. The molecule has 0 fully saturated rings. The first-order valence-corrected chi connectivity index (χ1v) is 7.02. The number of benzene rings is 1. The Hall–Kier alpha value is -0.910. The van der Waals surface area contributed by atoms with Crippen molar-refractivity contribution in [3.63, 3.8) is 0 Å². The third-order valence-electron chi connectivity index (χ3n) is 2.42. The van der Waals surface area contributed by atoms with E-state index in [1.165, 1.54) is 12.1 Å². The largest absolute Gasteiger partial charge is 0.488 e. The molecule has 0 spiro atoms.